The third-order valence-corrected chi connectivity index (χ3v) is 6.50. The lowest BCUT2D eigenvalue weighted by Gasteiger charge is -2.32. The lowest BCUT2D eigenvalue weighted by molar-refractivity contribution is 0.0946. The Bertz CT molecular complexity index is 949. The molecule has 0 unspecified atom stereocenters. The van der Waals surface area contributed by atoms with Crippen molar-refractivity contribution in [2.24, 2.45) is 0 Å². The molecule has 32 heavy (non-hydrogen) atoms. The summed E-state index contributed by atoms with van der Waals surface area (Å²) in [6.07, 6.45) is 4.62. The molecule has 2 aromatic heterocycles. The lowest BCUT2D eigenvalue weighted by atomic mass is 10.2. The highest BCUT2D eigenvalue weighted by molar-refractivity contribution is 5.99. The Kier molecular flexibility index (Phi) is 6.95. The molecular formula is C23H35N7O2. The van der Waals surface area contributed by atoms with Crippen molar-refractivity contribution in [1.29, 1.82) is 0 Å². The number of hydrogen-bond donors (Lipinski definition) is 1. The van der Waals surface area contributed by atoms with Crippen LogP contribution in [0.3, 0.4) is 0 Å². The predicted molar refractivity (Wildman–Crippen MR) is 124 cm³/mol. The molecule has 4 heterocycles. The van der Waals surface area contributed by atoms with Crippen molar-refractivity contribution in [2.75, 3.05) is 67.0 Å². The molecule has 2 fully saturated rings. The molecule has 0 radical (unpaired) electrons. The van der Waals surface area contributed by atoms with E-state index in [2.05, 4.69) is 22.2 Å². The van der Waals surface area contributed by atoms with E-state index in [1.807, 2.05) is 33.7 Å². The first-order valence-electron chi connectivity index (χ1n) is 11.6. The molecular weight excluding hydrogens is 406 g/mol. The van der Waals surface area contributed by atoms with Crippen LogP contribution in [-0.4, -0.2) is 108 Å². The van der Waals surface area contributed by atoms with Gasteiger partial charge in [-0.2, -0.15) is 0 Å². The van der Waals surface area contributed by atoms with Crippen LogP contribution >= 0.6 is 0 Å². The Morgan fingerprint density at radius 1 is 1.16 bits per heavy atom. The van der Waals surface area contributed by atoms with Crippen molar-refractivity contribution in [3.8, 4) is 0 Å². The van der Waals surface area contributed by atoms with E-state index in [9.17, 15) is 9.59 Å². The number of pyridine rings is 1. The van der Waals surface area contributed by atoms with Crippen molar-refractivity contribution in [1.82, 2.24) is 34.3 Å². The number of nitrogens with one attached hydrogen (secondary N) is 1. The summed E-state index contributed by atoms with van der Waals surface area (Å²) in [6, 6.07) is 5.63. The molecule has 0 aromatic carbocycles. The van der Waals surface area contributed by atoms with Crippen molar-refractivity contribution >= 4 is 17.5 Å². The second-order valence-corrected chi connectivity index (χ2v) is 9.06. The van der Waals surface area contributed by atoms with E-state index in [0.717, 1.165) is 63.3 Å². The summed E-state index contributed by atoms with van der Waals surface area (Å²) >= 11 is 0. The average Bonchev–Trinajstić information content (AvgIpc) is 3.42. The van der Waals surface area contributed by atoms with Gasteiger partial charge in [-0.15, -0.1) is 0 Å². The van der Waals surface area contributed by atoms with E-state index in [-0.39, 0.29) is 18.0 Å². The summed E-state index contributed by atoms with van der Waals surface area (Å²) in [5, 5.41) is 3.05. The molecule has 9 nitrogen and oxygen atoms in total. The van der Waals surface area contributed by atoms with Gasteiger partial charge >= 0.3 is 6.03 Å². The number of carbonyl (C=O) groups excluding carboxylic acids is 2. The SMILES string of the molecule is CN1CCN(CCCNC(=O)c2nc([C@@H]3CCCN3C(=O)N(C)C)n3ccccc23)CC1. The van der Waals surface area contributed by atoms with Crippen LogP contribution in [-0.2, 0) is 0 Å². The van der Waals surface area contributed by atoms with Crippen LogP contribution < -0.4 is 5.32 Å². The van der Waals surface area contributed by atoms with E-state index in [1.54, 1.807) is 19.0 Å². The molecule has 2 aliphatic heterocycles. The second-order valence-electron chi connectivity index (χ2n) is 9.06. The maximum absolute atomic E-state index is 13.0. The molecule has 174 valence electrons. The quantitative estimate of drug-likeness (QED) is 0.688. The van der Waals surface area contributed by atoms with Gasteiger partial charge in [0.2, 0.25) is 0 Å². The smallest absolute Gasteiger partial charge is 0.320 e. The van der Waals surface area contributed by atoms with Gasteiger partial charge in [0.05, 0.1) is 11.6 Å². The number of rotatable bonds is 6. The van der Waals surface area contributed by atoms with Gasteiger partial charge in [-0.05, 0) is 45.0 Å². The topological polar surface area (TPSA) is 76.4 Å². The summed E-state index contributed by atoms with van der Waals surface area (Å²) in [6.45, 7) is 6.70. The van der Waals surface area contributed by atoms with Gasteiger partial charge in [-0.3, -0.25) is 4.79 Å². The minimum absolute atomic E-state index is 0.0184. The normalized spacial score (nSPS) is 20.1. The van der Waals surface area contributed by atoms with Gasteiger partial charge in [-0.1, -0.05) is 6.07 Å². The number of piperazine rings is 1. The number of nitrogens with zero attached hydrogens (tertiary/aromatic N) is 6. The fourth-order valence-electron chi connectivity index (χ4n) is 4.64. The fourth-order valence-corrected chi connectivity index (χ4v) is 4.64. The summed E-state index contributed by atoms with van der Waals surface area (Å²) in [4.78, 5) is 38.7. The highest BCUT2D eigenvalue weighted by atomic mass is 16.2. The van der Waals surface area contributed by atoms with Crippen molar-refractivity contribution in [3.05, 3.63) is 35.9 Å². The fraction of sp³-hybridized carbons (Fsp3) is 0.609. The van der Waals surface area contributed by atoms with Crippen LogP contribution in [0.15, 0.2) is 24.4 Å². The second kappa shape index (κ2) is 9.87. The zero-order chi connectivity index (χ0) is 22.7. The molecule has 2 aromatic rings. The maximum atomic E-state index is 13.0. The number of urea groups is 1. The van der Waals surface area contributed by atoms with Gasteiger partial charge in [0, 0.05) is 59.6 Å². The first-order chi connectivity index (χ1) is 15.5. The molecule has 2 saturated heterocycles. The number of likely N-dealkylation sites (tertiary alicyclic amines) is 1. The maximum Gasteiger partial charge on any atom is 0.320 e. The number of imidazole rings is 1. The molecule has 3 amide bonds. The lowest BCUT2D eigenvalue weighted by Crippen LogP contribution is -2.45. The van der Waals surface area contributed by atoms with Crippen LogP contribution in [0.25, 0.3) is 5.52 Å². The van der Waals surface area contributed by atoms with E-state index >= 15 is 0 Å². The highest BCUT2D eigenvalue weighted by Crippen LogP contribution is 2.33. The van der Waals surface area contributed by atoms with Crippen molar-refractivity contribution in [2.45, 2.75) is 25.3 Å². The number of amides is 3. The van der Waals surface area contributed by atoms with Gasteiger partial charge in [-0.25, -0.2) is 9.78 Å². The Morgan fingerprint density at radius 3 is 2.69 bits per heavy atom. The Morgan fingerprint density at radius 2 is 1.94 bits per heavy atom. The Hall–Kier alpha value is -2.65. The summed E-state index contributed by atoms with van der Waals surface area (Å²) in [7, 11) is 5.69. The third-order valence-electron chi connectivity index (χ3n) is 6.50. The molecule has 0 aliphatic carbocycles. The first kappa shape index (κ1) is 22.5. The zero-order valence-corrected chi connectivity index (χ0v) is 19.5. The Balaban J connectivity index is 1.44. The van der Waals surface area contributed by atoms with E-state index in [4.69, 9.17) is 4.98 Å². The van der Waals surface area contributed by atoms with Crippen LogP contribution in [0.4, 0.5) is 4.79 Å². The predicted octanol–water partition coefficient (Wildman–Crippen LogP) is 1.52. The van der Waals surface area contributed by atoms with Gasteiger partial charge in [0.15, 0.2) is 5.69 Å². The Labute approximate surface area is 190 Å². The van der Waals surface area contributed by atoms with Crippen molar-refractivity contribution < 1.29 is 9.59 Å². The van der Waals surface area contributed by atoms with E-state index < -0.39 is 0 Å². The van der Waals surface area contributed by atoms with Gasteiger partial charge in [0.1, 0.15) is 5.82 Å². The zero-order valence-electron chi connectivity index (χ0n) is 19.5. The molecule has 9 heteroatoms. The van der Waals surface area contributed by atoms with Gasteiger partial charge in [0.25, 0.3) is 5.91 Å². The van der Waals surface area contributed by atoms with Crippen molar-refractivity contribution in [3.63, 3.8) is 0 Å². The number of aromatic nitrogens is 2. The summed E-state index contributed by atoms with van der Waals surface area (Å²) in [5.74, 6) is 0.609. The van der Waals surface area contributed by atoms with Gasteiger partial charge < -0.3 is 29.3 Å². The monoisotopic (exact) mass is 441 g/mol. The number of carbonyl (C=O) groups is 2. The molecule has 0 bridgehead atoms. The summed E-state index contributed by atoms with van der Waals surface area (Å²) < 4.78 is 1.96. The molecule has 2 aliphatic rings. The minimum atomic E-state index is -0.151. The molecule has 1 N–H and O–H groups in total. The molecule has 0 spiro atoms. The summed E-state index contributed by atoms with van der Waals surface area (Å²) in [5.41, 5.74) is 1.22. The molecule has 0 saturated carbocycles. The minimum Gasteiger partial charge on any atom is -0.351 e. The van der Waals surface area contributed by atoms with Crippen LogP contribution in [0, 0.1) is 0 Å². The number of hydrogen-bond acceptors (Lipinski definition) is 5. The van der Waals surface area contributed by atoms with Crippen LogP contribution in [0.1, 0.15) is 41.6 Å². The van der Waals surface area contributed by atoms with E-state index in [0.29, 0.717) is 18.8 Å². The first-order valence-corrected chi connectivity index (χ1v) is 11.6. The highest BCUT2D eigenvalue weighted by Gasteiger charge is 2.34. The number of likely N-dealkylation sites (N-methyl/N-ethyl adjacent to an activating group) is 1. The number of fused-ring (bicyclic) bond motifs is 1. The molecule has 4 rings (SSSR count). The van der Waals surface area contributed by atoms with Crippen LogP contribution in [0.5, 0.6) is 0 Å². The standard InChI is InChI=1S/C23H35N7O2/c1-26(2)23(32)30-13-6-9-19(30)21-25-20(18-8-4-5-12-29(18)21)22(31)24-10-7-11-28-16-14-27(3)15-17-28/h4-5,8,12,19H,6-7,9-11,13-17H2,1-3H3,(H,24,31)/t19-/m0/s1. The largest absolute Gasteiger partial charge is 0.351 e. The van der Waals surface area contributed by atoms with E-state index in [1.165, 1.54) is 0 Å². The van der Waals surface area contributed by atoms with Crippen LogP contribution in [0.2, 0.25) is 0 Å². The average molecular weight is 442 g/mol. The molecule has 1 atom stereocenters. The third kappa shape index (κ3) is 4.73.